The number of nitrogens with one attached hydrogen (secondary N) is 2. The van der Waals surface area contributed by atoms with Gasteiger partial charge in [-0.05, 0) is 30.9 Å². The number of carbonyl (C=O) groups is 1. The van der Waals surface area contributed by atoms with Gasteiger partial charge in [-0.2, -0.15) is 0 Å². The van der Waals surface area contributed by atoms with Crippen LogP contribution in [0.3, 0.4) is 0 Å². The lowest BCUT2D eigenvalue weighted by atomic mass is 10.1. The van der Waals surface area contributed by atoms with Crippen molar-refractivity contribution in [3.8, 4) is 0 Å². The van der Waals surface area contributed by atoms with Crippen molar-refractivity contribution < 1.29 is 18.7 Å². The van der Waals surface area contributed by atoms with Crippen LogP contribution in [0, 0.1) is 17.6 Å². The summed E-state index contributed by atoms with van der Waals surface area (Å²) in [5.41, 5.74) is -0.0438. The Morgan fingerprint density at radius 3 is 2.43 bits per heavy atom. The van der Waals surface area contributed by atoms with E-state index in [0.29, 0.717) is 12.3 Å². The molecule has 21 heavy (non-hydrogen) atoms. The highest BCUT2D eigenvalue weighted by atomic mass is 19.1. The maximum absolute atomic E-state index is 13.3. The Labute approximate surface area is 123 Å². The van der Waals surface area contributed by atoms with E-state index < -0.39 is 23.8 Å². The molecule has 0 aliphatic rings. The van der Waals surface area contributed by atoms with Crippen LogP contribution in [-0.2, 0) is 6.42 Å². The fourth-order valence-corrected chi connectivity index (χ4v) is 1.97. The number of hydrogen-bond donors (Lipinski definition) is 3. The quantitative estimate of drug-likeness (QED) is 0.723. The van der Waals surface area contributed by atoms with Gasteiger partial charge in [-0.15, -0.1) is 0 Å². The van der Waals surface area contributed by atoms with Crippen LogP contribution < -0.4 is 10.6 Å². The Morgan fingerprint density at radius 1 is 1.24 bits per heavy atom. The fraction of sp³-hybridized carbons (Fsp3) is 0.533. The van der Waals surface area contributed by atoms with Crippen molar-refractivity contribution in [1.29, 1.82) is 0 Å². The standard InChI is InChI=1S/C15H22F2N2O2/c1-10(2)8-11(20)9-19-15(21)18-7-6-12-13(16)4-3-5-14(12)17/h3-5,10-11,20H,6-9H2,1-2H3,(H2,18,19,21). The van der Waals surface area contributed by atoms with E-state index in [1.54, 1.807) is 0 Å². The van der Waals surface area contributed by atoms with E-state index in [4.69, 9.17) is 0 Å². The summed E-state index contributed by atoms with van der Waals surface area (Å²) in [4.78, 5) is 11.5. The zero-order valence-corrected chi connectivity index (χ0v) is 12.3. The molecule has 0 fully saturated rings. The Morgan fingerprint density at radius 2 is 1.86 bits per heavy atom. The molecule has 0 aliphatic carbocycles. The average molecular weight is 300 g/mol. The molecule has 1 aromatic carbocycles. The van der Waals surface area contributed by atoms with Crippen LogP contribution in [0.25, 0.3) is 0 Å². The summed E-state index contributed by atoms with van der Waals surface area (Å²) in [7, 11) is 0. The number of hydrogen-bond acceptors (Lipinski definition) is 2. The van der Waals surface area contributed by atoms with E-state index >= 15 is 0 Å². The lowest BCUT2D eigenvalue weighted by molar-refractivity contribution is 0.147. The Bertz CT molecular complexity index is 447. The van der Waals surface area contributed by atoms with Crippen molar-refractivity contribution >= 4 is 6.03 Å². The molecule has 3 N–H and O–H groups in total. The average Bonchev–Trinajstić information content (AvgIpc) is 2.39. The van der Waals surface area contributed by atoms with Gasteiger partial charge in [0.1, 0.15) is 11.6 Å². The molecule has 0 aromatic heterocycles. The maximum atomic E-state index is 13.3. The first kappa shape index (κ1) is 17.4. The molecule has 1 atom stereocenters. The van der Waals surface area contributed by atoms with Crippen LogP contribution in [0.1, 0.15) is 25.8 Å². The van der Waals surface area contributed by atoms with Gasteiger partial charge in [-0.1, -0.05) is 19.9 Å². The molecule has 2 amide bonds. The summed E-state index contributed by atoms with van der Waals surface area (Å²) in [6, 6.07) is 3.20. The molecule has 0 heterocycles. The van der Waals surface area contributed by atoms with Gasteiger partial charge in [-0.3, -0.25) is 0 Å². The largest absolute Gasteiger partial charge is 0.391 e. The van der Waals surface area contributed by atoms with E-state index in [2.05, 4.69) is 10.6 Å². The number of rotatable bonds is 7. The number of benzene rings is 1. The summed E-state index contributed by atoms with van der Waals surface area (Å²) in [6.07, 6.45) is 0.0704. The van der Waals surface area contributed by atoms with Gasteiger partial charge in [0.15, 0.2) is 0 Å². The smallest absolute Gasteiger partial charge is 0.314 e. The monoisotopic (exact) mass is 300 g/mol. The van der Waals surface area contributed by atoms with E-state index in [1.165, 1.54) is 18.2 Å². The third-order valence-corrected chi connectivity index (χ3v) is 2.96. The Balaban J connectivity index is 2.28. The summed E-state index contributed by atoms with van der Waals surface area (Å²) in [5.74, 6) is -0.900. The summed E-state index contributed by atoms with van der Waals surface area (Å²) >= 11 is 0. The van der Waals surface area contributed by atoms with E-state index in [1.807, 2.05) is 13.8 Å². The van der Waals surface area contributed by atoms with Crippen LogP contribution in [0.15, 0.2) is 18.2 Å². The second kappa shape index (κ2) is 8.56. The zero-order valence-electron chi connectivity index (χ0n) is 12.3. The second-order valence-corrected chi connectivity index (χ2v) is 5.37. The van der Waals surface area contributed by atoms with Crippen LogP contribution in [0.2, 0.25) is 0 Å². The SMILES string of the molecule is CC(C)CC(O)CNC(=O)NCCc1c(F)cccc1F. The highest BCUT2D eigenvalue weighted by Gasteiger charge is 2.10. The first-order chi connectivity index (χ1) is 9.90. The van der Waals surface area contributed by atoms with Crippen LogP contribution in [0.5, 0.6) is 0 Å². The Kier molecular flexibility index (Phi) is 7.08. The summed E-state index contributed by atoms with van der Waals surface area (Å²) in [6.45, 7) is 4.22. The van der Waals surface area contributed by atoms with Crippen LogP contribution in [-0.4, -0.2) is 30.3 Å². The molecule has 0 radical (unpaired) electrons. The summed E-state index contributed by atoms with van der Waals surface area (Å²) < 4.78 is 26.7. The molecule has 1 aromatic rings. The molecule has 0 saturated carbocycles. The number of halogens is 2. The third-order valence-electron chi connectivity index (χ3n) is 2.96. The van der Waals surface area contributed by atoms with Gasteiger partial charge in [0.2, 0.25) is 0 Å². The maximum Gasteiger partial charge on any atom is 0.314 e. The van der Waals surface area contributed by atoms with E-state index in [-0.39, 0.29) is 25.1 Å². The third kappa shape index (κ3) is 6.53. The predicted octanol–water partition coefficient (Wildman–Crippen LogP) is 2.21. The fourth-order valence-electron chi connectivity index (χ4n) is 1.97. The molecule has 1 unspecified atom stereocenters. The minimum absolute atomic E-state index is 0.0438. The number of aliphatic hydroxyl groups excluding tert-OH is 1. The van der Waals surface area contributed by atoms with Crippen LogP contribution >= 0.6 is 0 Å². The Hall–Kier alpha value is -1.69. The number of aliphatic hydroxyl groups is 1. The lowest BCUT2D eigenvalue weighted by Crippen LogP contribution is -2.40. The molecule has 0 aliphatic heterocycles. The van der Waals surface area contributed by atoms with Crippen molar-refractivity contribution in [2.75, 3.05) is 13.1 Å². The molecular formula is C15H22F2N2O2. The van der Waals surface area contributed by atoms with Crippen molar-refractivity contribution in [3.05, 3.63) is 35.4 Å². The first-order valence-electron chi connectivity index (χ1n) is 7.02. The molecule has 0 bridgehead atoms. The van der Waals surface area contributed by atoms with Gasteiger partial charge in [0.25, 0.3) is 0 Å². The summed E-state index contributed by atoms with van der Waals surface area (Å²) in [5, 5.41) is 14.6. The topological polar surface area (TPSA) is 61.4 Å². The van der Waals surface area contributed by atoms with Gasteiger partial charge in [-0.25, -0.2) is 13.6 Å². The predicted molar refractivity (Wildman–Crippen MR) is 76.9 cm³/mol. The van der Waals surface area contributed by atoms with Gasteiger partial charge in [0.05, 0.1) is 6.10 Å². The molecule has 0 saturated heterocycles. The zero-order chi connectivity index (χ0) is 15.8. The molecule has 4 nitrogen and oxygen atoms in total. The van der Waals surface area contributed by atoms with Crippen molar-refractivity contribution in [3.63, 3.8) is 0 Å². The van der Waals surface area contributed by atoms with E-state index in [0.717, 1.165) is 0 Å². The highest BCUT2D eigenvalue weighted by Crippen LogP contribution is 2.11. The molecule has 6 heteroatoms. The van der Waals surface area contributed by atoms with Crippen molar-refractivity contribution in [2.24, 2.45) is 5.92 Å². The van der Waals surface area contributed by atoms with Gasteiger partial charge < -0.3 is 15.7 Å². The minimum Gasteiger partial charge on any atom is -0.391 e. The molecule has 118 valence electrons. The minimum atomic E-state index is -0.621. The number of amides is 2. The molecule has 1 rings (SSSR count). The highest BCUT2D eigenvalue weighted by molar-refractivity contribution is 5.73. The van der Waals surface area contributed by atoms with Crippen molar-refractivity contribution in [1.82, 2.24) is 10.6 Å². The van der Waals surface area contributed by atoms with Crippen molar-refractivity contribution in [2.45, 2.75) is 32.8 Å². The van der Waals surface area contributed by atoms with Gasteiger partial charge >= 0.3 is 6.03 Å². The normalized spacial score (nSPS) is 12.3. The second-order valence-electron chi connectivity index (χ2n) is 5.37. The van der Waals surface area contributed by atoms with E-state index in [9.17, 15) is 18.7 Å². The lowest BCUT2D eigenvalue weighted by Gasteiger charge is -2.14. The van der Waals surface area contributed by atoms with Crippen LogP contribution in [0.4, 0.5) is 13.6 Å². The first-order valence-corrected chi connectivity index (χ1v) is 7.02. The molecular weight excluding hydrogens is 278 g/mol. The number of carbonyl (C=O) groups excluding carboxylic acids is 1. The van der Waals surface area contributed by atoms with Gasteiger partial charge in [0, 0.05) is 18.7 Å². The molecule has 0 spiro atoms. The number of urea groups is 1.